The van der Waals surface area contributed by atoms with E-state index in [1.54, 1.807) is 24.5 Å². The van der Waals surface area contributed by atoms with Gasteiger partial charge in [-0.25, -0.2) is 18.7 Å². The Hall–Kier alpha value is -3.50. The molecule has 2 unspecified atom stereocenters. The lowest BCUT2D eigenvalue weighted by Crippen LogP contribution is -2.54. The number of nitrogen functional groups attached to an aromatic ring is 1. The molecule has 1 aromatic carbocycles. The maximum atomic E-state index is 14.2. The first kappa shape index (κ1) is 20.8. The van der Waals surface area contributed by atoms with Crippen molar-refractivity contribution in [1.82, 2.24) is 25.6 Å². The van der Waals surface area contributed by atoms with E-state index in [1.807, 2.05) is 0 Å². The van der Waals surface area contributed by atoms with Crippen molar-refractivity contribution < 1.29 is 13.6 Å². The molecule has 2 atom stereocenters. The van der Waals surface area contributed by atoms with Crippen LogP contribution in [-0.2, 0) is 0 Å². The first-order valence-electron chi connectivity index (χ1n) is 9.65. The number of nitrogens with one attached hydrogen (secondary N) is 2. The maximum absolute atomic E-state index is 14.2. The lowest BCUT2D eigenvalue weighted by Gasteiger charge is -2.34. The van der Waals surface area contributed by atoms with E-state index in [-0.39, 0.29) is 11.4 Å². The topological polar surface area (TPSA) is 132 Å². The lowest BCUT2D eigenvalue weighted by atomic mass is 9.84. The van der Waals surface area contributed by atoms with Crippen molar-refractivity contribution >= 4 is 11.7 Å². The fourth-order valence-corrected chi connectivity index (χ4v) is 3.79. The number of amides is 1. The van der Waals surface area contributed by atoms with E-state index < -0.39 is 29.1 Å². The van der Waals surface area contributed by atoms with Crippen molar-refractivity contribution in [2.24, 2.45) is 5.73 Å². The predicted octanol–water partition coefficient (Wildman–Crippen LogP) is 1.56. The van der Waals surface area contributed by atoms with Gasteiger partial charge in [-0.1, -0.05) is 0 Å². The van der Waals surface area contributed by atoms with Crippen LogP contribution in [0.15, 0.2) is 49.1 Å². The van der Waals surface area contributed by atoms with Crippen LogP contribution in [0.1, 0.15) is 28.5 Å². The van der Waals surface area contributed by atoms with E-state index in [0.717, 1.165) is 12.1 Å². The summed E-state index contributed by atoms with van der Waals surface area (Å²) in [4.78, 5) is 25.5. The maximum Gasteiger partial charge on any atom is 0.254 e. The van der Waals surface area contributed by atoms with Crippen LogP contribution in [0.4, 0.5) is 14.6 Å². The average Bonchev–Trinajstić information content (AvgIpc) is 3.19. The summed E-state index contributed by atoms with van der Waals surface area (Å²) >= 11 is 0. The zero-order valence-electron chi connectivity index (χ0n) is 16.5. The Bertz CT molecular complexity index is 1100. The van der Waals surface area contributed by atoms with Gasteiger partial charge in [0.1, 0.15) is 23.8 Å². The summed E-state index contributed by atoms with van der Waals surface area (Å²) in [5, 5.41) is 5.99. The van der Waals surface area contributed by atoms with Gasteiger partial charge in [0, 0.05) is 30.6 Å². The molecule has 0 bridgehead atoms. The van der Waals surface area contributed by atoms with Gasteiger partial charge in [-0.15, -0.1) is 0 Å². The highest BCUT2D eigenvalue weighted by atomic mass is 19.1. The monoisotopic (exact) mass is 425 g/mol. The summed E-state index contributed by atoms with van der Waals surface area (Å²) < 4.78 is 27.5. The molecule has 1 saturated heterocycles. The number of benzene rings is 1. The van der Waals surface area contributed by atoms with E-state index in [2.05, 4.69) is 25.6 Å². The van der Waals surface area contributed by atoms with E-state index in [4.69, 9.17) is 11.5 Å². The first-order valence-corrected chi connectivity index (χ1v) is 9.65. The Morgan fingerprint density at radius 2 is 1.97 bits per heavy atom. The second-order valence-electron chi connectivity index (χ2n) is 7.45. The van der Waals surface area contributed by atoms with Crippen LogP contribution >= 0.6 is 0 Å². The second-order valence-corrected chi connectivity index (χ2v) is 7.45. The van der Waals surface area contributed by atoms with Gasteiger partial charge in [-0.3, -0.25) is 9.78 Å². The number of carbonyl (C=O) groups excluding carboxylic acids is 1. The highest BCUT2D eigenvalue weighted by Crippen LogP contribution is 2.36. The molecule has 160 valence electrons. The zero-order chi connectivity index (χ0) is 22.0. The minimum Gasteiger partial charge on any atom is -0.383 e. The lowest BCUT2D eigenvalue weighted by molar-refractivity contribution is 0.0910. The number of nitrogens with zero attached hydrogens (tertiary/aromatic N) is 3. The zero-order valence-corrected chi connectivity index (χ0v) is 16.5. The van der Waals surface area contributed by atoms with Gasteiger partial charge in [-0.05, 0) is 42.8 Å². The molecule has 3 heterocycles. The van der Waals surface area contributed by atoms with Gasteiger partial charge in [0.25, 0.3) is 5.91 Å². The van der Waals surface area contributed by atoms with Crippen LogP contribution in [0, 0.1) is 11.6 Å². The van der Waals surface area contributed by atoms with Crippen LogP contribution in [0.25, 0.3) is 11.1 Å². The molecule has 1 amide bonds. The van der Waals surface area contributed by atoms with E-state index in [1.165, 1.54) is 6.33 Å². The van der Waals surface area contributed by atoms with Gasteiger partial charge in [0.2, 0.25) is 0 Å². The molecule has 8 nitrogen and oxygen atoms in total. The molecule has 2 aromatic heterocycles. The van der Waals surface area contributed by atoms with Gasteiger partial charge in [-0.2, -0.15) is 0 Å². The summed E-state index contributed by atoms with van der Waals surface area (Å²) in [6.45, 7) is 1.03. The third kappa shape index (κ3) is 4.07. The minimum atomic E-state index is -0.969. The first-order chi connectivity index (χ1) is 14.9. The predicted molar refractivity (Wildman–Crippen MR) is 111 cm³/mol. The minimum absolute atomic E-state index is 0.206. The number of halogens is 2. The number of hydrogen-bond donors (Lipinski definition) is 4. The Balaban J connectivity index is 1.81. The third-order valence-corrected chi connectivity index (χ3v) is 5.40. The molecule has 10 heteroatoms. The number of pyridine rings is 1. The molecule has 1 fully saturated rings. The highest BCUT2D eigenvalue weighted by molar-refractivity contribution is 5.95. The fourth-order valence-electron chi connectivity index (χ4n) is 3.79. The van der Waals surface area contributed by atoms with Gasteiger partial charge < -0.3 is 22.1 Å². The summed E-state index contributed by atoms with van der Waals surface area (Å²) in [5.74, 6) is -2.28. The van der Waals surface area contributed by atoms with Crippen molar-refractivity contribution in [3.05, 3.63) is 71.9 Å². The molecular formula is C21H21F2N7O. The normalized spacial score (nSPS) is 19.2. The molecule has 0 radical (unpaired) electrons. The molecule has 4 rings (SSSR count). The molecule has 1 aliphatic heterocycles. The van der Waals surface area contributed by atoms with Crippen molar-refractivity contribution in [3.8, 4) is 11.1 Å². The van der Waals surface area contributed by atoms with Crippen LogP contribution in [-0.4, -0.2) is 39.5 Å². The summed E-state index contributed by atoms with van der Waals surface area (Å²) in [6.07, 6.45) is 5.02. The van der Waals surface area contributed by atoms with Crippen molar-refractivity contribution in [3.63, 3.8) is 0 Å². The second kappa shape index (κ2) is 8.32. The van der Waals surface area contributed by atoms with Crippen LogP contribution in [0.2, 0.25) is 0 Å². The van der Waals surface area contributed by atoms with Crippen LogP contribution < -0.4 is 22.1 Å². The van der Waals surface area contributed by atoms with Crippen molar-refractivity contribution in [2.45, 2.75) is 18.0 Å². The number of hydrogen-bond acceptors (Lipinski definition) is 7. The number of anilines is 1. The fraction of sp³-hybridized carbons (Fsp3) is 0.238. The van der Waals surface area contributed by atoms with E-state index in [0.29, 0.717) is 42.4 Å². The Labute approximate surface area is 177 Å². The molecule has 0 spiro atoms. The Morgan fingerprint density at radius 3 is 2.65 bits per heavy atom. The average molecular weight is 425 g/mol. The smallest absolute Gasteiger partial charge is 0.254 e. The third-order valence-electron chi connectivity index (χ3n) is 5.40. The van der Waals surface area contributed by atoms with Gasteiger partial charge >= 0.3 is 0 Å². The van der Waals surface area contributed by atoms with E-state index in [9.17, 15) is 13.6 Å². The highest BCUT2D eigenvalue weighted by Gasteiger charge is 2.42. The van der Waals surface area contributed by atoms with Crippen LogP contribution in [0.3, 0.4) is 0 Å². The van der Waals surface area contributed by atoms with Crippen molar-refractivity contribution in [1.29, 1.82) is 0 Å². The number of nitrogens with two attached hydrogens (primary N) is 2. The summed E-state index contributed by atoms with van der Waals surface area (Å²) in [5.41, 5.74) is 13.2. The number of aromatic nitrogens is 3. The van der Waals surface area contributed by atoms with Gasteiger partial charge in [0.05, 0.1) is 22.8 Å². The molecule has 6 N–H and O–H groups in total. The standard InChI is InChI=1S/C21H21F2N7O/c22-13-1-2-14(15(23)9-13)20(31)30-18(21(25)5-8-27-10-21)17-16(19(24)29-11-28-17)12-3-6-26-7-4-12/h1-4,6-7,9,11,18,27H,5,8,10,25H2,(H,30,31)(H2,24,28,29). The molecule has 1 aliphatic rings. The largest absolute Gasteiger partial charge is 0.383 e. The molecule has 3 aromatic rings. The Kier molecular flexibility index (Phi) is 5.57. The molecular weight excluding hydrogens is 404 g/mol. The van der Waals surface area contributed by atoms with E-state index >= 15 is 0 Å². The number of carbonyl (C=O) groups is 1. The molecule has 31 heavy (non-hydrogen) atoms. The number of rotatable bonds is 5. The molecule has 0 saturated carbocycles. The van der Waals surface area contributed by atoms with Crippen LogP contribution in [0.5, 0.6) is 0 Å². The SMILES string of the molecule is Nc1ncnc(C(NC(=O)c2ccc(F)cc2F)C2(N)CCNC2)c1-c1ccncc1. The van der Waals surface area contributed by atoms with Crippen molar-refractivity contribution in [2.75, 3.05) is 18.8 Å². The molecule has 0 aliphatic carbocycles. The Morgan fingerprint density at radius 1 is 1.19 bits per heavy atom. The van der Waals surface area contributed by atoms with Gasteiger partial charge in [0.15, 0.2) is 0 Å². The quantitative estimate of drug-likeness (QED) is 0.488. The summed E-state index contributed by atoms with van der Waals surface area (Å²) in [6, 6.07) is 5.43. The summed E-state index contributed by atoms with van der Waals surface area (Å²) in [7, 11) is 0.